The highest BCUT2D eigenvalue weighted by Crippen LogP contribution is 2.53. The van der Waals surface area contributed by atoms with Crippen molar-refractivity contribution >= 4 is 23.5 Å². The molecule has 0 aromatic heterocycles. The molecule has 2 bridgehead atoms. The number of nitrogens with zero attached hydrogens (tertiary/aromatic N) is 1. The molecule has 2 fully saturated rings. The van der Waals surface area contributed by atoms with E-state index in [1.165, 1.54) is 18.9 Å². The van der Waals surface area contributed by atoms with Crippen LogP contribution < -0.4 is 9.64 Å². The van der Waals surface area contributed by atoms with E-state index in [9.17, 15) is 14.4 Å². The van der Waals surface area contributed by atoms with Gasteiger partial charge in [0.25, 0.3) is 0 Å². The molecule has 0 saturated carbocycles. The zero-order valence-corrected chi connectivity index (χ0v) is 13.8. The average molecular weight is 343 g/mol. The summed E-state index contributed by atoms with van der Waals surface area (Å²) in [5.41, 5.74) is -0.665. The van der Waals surface area contributed by atoms with E-state index < -0.39 is 29.5 Å². The number of benzene rings is 1. The molecule has 1 aromatic rings. The average Bonchev–Trinajstić information content (AvgIpc) is 3.24. The van der Waals surface area contributed by atoms with Gasteiger partial charge in [-0.1, -0.05) is 18.2 Å². The molecule has 3 aliphatic rings. The topological polar surface area (TPSA) is 82.1 Å². The third kappa shape index (κ3) is 2.12. The molecule has 7 nitrogen and oxygen atoms in total. The molecule has 2 amide bonds. The minimum absolute atomic E-state index is 0.0880. The van der Waals surface area contributed by atoms with Gasteiger partial charge in [0, 0.05) is 6.92 Å². The molecule has 130 valence electrons. The number of hydrogen-bond acceptors (Lipinski definition) is 6. The Labute approximate surface area is 144 Å². The van der Waals surface area contributed by atoms with Crippen LogP contribution in [0.1, 0.15) is 6.92 Å². The van der Waals surface area contributed by atoms with Crippen molar-refractivity contribution in [2.75, 3.05) is 18.6 Å². The van der Waals surface area contributed by atoms with Gasteiger partial charge in [0.1, 0.15) is 18.0 Å². The van der Waals surface area contributed by atoms with Crippen LogP contribution in [0.2, 0.25) is 0 Å². The van der Waals surface area contributed by atoms with Crippen molar-refractivity contribution < 1.29 is 28.6 Å². The Balaban J connectivity index is 1.72. The lowest BCUT2D eigenvalue weighted by atomic mass is 9.77. The monoisotopic (exact) mass is 343 g/mol. The summed E-state index contributed by atoms with van der Waals surface area (Å²) < 4.78 is 16.3. The van der Waals surface area contributed by atoms with E-state index in [1.54, 1.807) is 36.4 Å². The van der Waals surface area contributed by atoms with Gasteiger partial charge >= 0.3 is 5.97 Å². The quantitative estimate of drug-likeness (QED) is 0.462. The number of methoxy groups -OCH3 is 1. The molecule has 4 rings (SSSR count). The summed E-state index contributed by atoms with van der Waals surface area (Å²) in [5.74, 6) is -2.02. The SMILES string of the molecule is COc1ccccc1N1C(=O)[C@H]2[C@@H](C1=O)[C@@]1(COC(C)=O)C=C[C@H]2O1. The van der Waals surface area contributed by atoms with Crippen molar-refractivity contribution in [1.29, 1.82) is 0 Å². The lowest BCUT2D eigenvalue weighted by Gasteiger charge is -2.28. The third-order valence-corrected chi connectivity index (χ3v) is 4.98. The van der Waals surface area contributed by atoms with Gasteiger partial charge in [0.2, 0.25) is 11.8 Å². The van der Waals surface area contributed by atoms with Gasteiger partial charge in [-0.15, -0.1) is 0 Å². The van der Waals surface area contributed by atoms with Gasteiger partial charge in [0.15, 0.2) is 0 Å². The summed E-state index contributed by atoms with van der Waals surface area (Å²) >= 11 is 0. The van der Waals surface area contributed by atoms with Gasteiger partial charge in [-0.3, -0.25) is 14.4 Å². The van der Waals surface area contributed by atoms with E-state index in [1.807, 2.05) is 0 Å². The number of carbonyl (C=O) groups is 3. The second kappa shape index (κ2) is 5.42. The number of anilines is 1. The molecule has 3 aliphatic heterocycles. The molecule has 0 spiro atoms. The van der Waals surface area contributed by atoms with E-state index in [2.05, 4.69) is 0 Å². The highest BCUT2D eigenvalue weighted by Gasteiger charge is 2.68. The van der Waals surface area contributed by atoms with Crippen LogP contribution in [0.5, 0.6) is 5.75 Å². The van der Waals surface area contributed by atoms with Crippen molar-refractivity contribution in [3.05, 3.63) is 36.4 Å². The van der Waals surface area contributed by atoms with Crippen LogP contribution in [0.3, 0.4) is 0 Å². The Hall–Kier alpha value is -2.67. The Morgan fingerprint density at radius 3 is 2.76 bits per heavy atom. The number of ether oxygens (including phenoxy) is 3. The number of hydrogen-bond donors (Lipinski definition) is 0. The molecule has 2 saturated heterocycles. The highest BCUT2D eigenvalue weighted by molar-refractivity contribution is 6.24. The normalized spacial score (nSPS) is 32.2. The molecule has 7 heteroatoms. The Bertz CT molecular complexity index is 803. The van der Waals surface area contributed by atoms with Gasteiger partial charge in [0.05, 0.1) is 30.7 Å². The number of fused-ring (bicyclic) bond motifs is 5. The Morgan fingerprint density at radius 2 is 2.04 bits per heavy atom. The second-order valence-corrected chi connectivity index (χ2v) is 6.36. The summed E-state index contributed by atoms with van der Waals surface area (Å²) in [6.07, 6.45) is 3.01. The van der Waals surface area contributed by atoms with E-state index in [4.69, 9.17) is 14.2 Å². The van der Waals surface area contributed by atoms with E-state index in [-0.39, 0.29) is 18.4 Å². The second-order valence-electron chi connectivity index (χ2n) is 6.36. The first kappa shape index (κ1) is 15.8. The van der Waals surface area contributed by atoms with Crippen molar-refractivity contribution in [2.24, 2.45) is 11.8 Å². The molecule has 25 heavy (non-hydrogen) atoms. The molecular formula is C18H17NO6. The number of carbonyl (C=O) groups excluding carboxylic acids is 3. The maximum atomic E-state index is 13.1. The van der Waals surface area contributed by atoms with Crippen molar-refractivity contribution in [2.45, 2.75) is 18.6 Å². The summed E-state index contributed by atoms with van der Waals surface area (Å²) in [6, 6.07) is 6.88. The molecule has 1 aromatic carbocycles. The van der Waals surface area contributed by atoms with Gasteiger partial charge in [-0.05, 0) is 18.2 Å². The fourth-order valence-corrected chi connectivity index (χ4v) is 3.93. The number of para-hydroxylation sites is 2. The molecule has 0 aliphatic carbocycles. The zero-order chi connectivity index (χ0) is 17.8. The number of imide groups is 1. The van der Waals surface area contributed by atoms with Crippen LogP contribution in [-0.2, 0) is 23.9 Å². The summed E-state index contributed by atoms with van der Waals surface area (Å²) in [5, 5.41) is 0. The lowest BCUT2D eigenvalue weighted by Crippen LogP contribution is -2.44. The molecule has 0 N–H and O–H groups in total. The highest BCUT2D eigenvalue weighted by atomic mass is 16.6. The number of rotatable bonds is 4. The summed E-state index contributed by atoms with van der Waals surface area (Å²) in [7, 11) is 1.49. The minimum atomic E-state index is -1.08. The van der Waals surface area contributed by atoms with Crippen molar-refractivity contribution in [3.63, 3.8) is 0 Å². The largest absolute Gasteiger partial charge is 0.495 e. The number of esters is 1. The fraction of sp³-hybridized carbons (Fsp3) is 0.389. The summed E-state index contributed by atoms with van der Waals surface area (Å²) in [6.45, 7) is 1.21. The van der Waals surface area contributed by atoms with Crippen LogP contribution in [0.25, 0.3) is 0 Å². The molecule has 0 unspecified atom stereocenters. The lowest BCUT2D eigenvalue weighted by molar-refractivity contribution is -0.150. The Morgan fingerprint density at radius 1 is 1.28 bits per heavy atom. The first-order valence-electron chi connectivity index (χ1n) is 8.00. The molecule has 3 heterocycles. The van der Waals surface area contributed by atoms with Gasteiger partial charge in [-0.2, -0.15) is 0 Å². The third-order valence-electron chi connectivity index (χ3n) is 4.98. The van der Waals surface area contributed by atoms with Crippen LogP contribution >= 0.6 is 0 Å². The van der Waals surface area contributed by atoms with Crippen molar-refractivity contribution in [3.8, 4) is 5.75 Å². The molecule has 4 atom stereocenters. The first-order valence-corrected chi connectivity index (χ1v) is 8.00. The summed E-state index contributed by atoms with van der Waals surface area (Å²) in [4.78, 5) is 38.4. The van der Waals surface area contributed by atoms with Gasteiger partial charge in [-0.25, -0.2) is 4.90 Å². The smallest absolute Gasteiger partial charge is 0.302 e. The van der Waals surface area contributed by atoms with E-state index in [0.29, 0.717) is 11.4 Å². The van der Waals surface area contributed by atoms with E-state index >= 15 is 0 Å². The van der Waals surface area contributed by atoms with Crippen LogP contribution in [-0.4, -0.2) is 43.2 Å². The zero-order valence-electron chi connectivity index (χ0n) is 13.8. The number of amides is 2. The minimum Gasteiger partial charge on any atom is -0.495 e. The Kier molecular flexibility index (Phi) is 3.43. The predicted molar refractivity (Wildman–Crippen MR) is 85.8 cm³/mol. The van der Waals surface area contributed by atoms with Crippen molar-refractivity contribution in [1.82, 2.24) is 0 Å². The maximum Gasteiger partial charge on any atom is 0.302 e. The maximum absolute atomic E-state index is 13.1. The fourth-order valence-electron chi connectivity index (χ4n) is 3.93. The van der Waals surface area contributed by atoms with E-state index in [0.717, 1.165) is 0 Å². The van der Waals surface area contributed by atoms with Crippen LogP contribution in [0, 0.1) is 11.8 Å². The van der Waals surface area contributed by atoms with Crippen LogP contribution in [0.15, 0.2) is 36.4 Å². The predicted octanol–water partition coefficient (Wildman–Crippen LogP) is 1.07. The molecule has 0 radical (unpaired) electrons. The standard InChI is InChI=1S/C18H17NO6/c1-10(20)24-9-18-8-7-13(25-18)14-15(18)17(22)19(16(14)21)11-5-3-4-6-12(11)23-2/h3-8,13-15H,9H2,1-2H3/t13-,14-,15+,18+/m1/s1. The first-order chi connectivity index (χ1) is 12.0. The van der Waals surface area contributed by atoms with Crippen LogP contribution in [0.4, 0.5) is 5.69 Å². The van der Waals surface area contributed by atoms with Gasteiger partial charge < -0.3 is 14.2 Å². The molecular weight excluding hydrogens is 326 g/mol.